The molecule has 39 heavy (non-hydrogen) atoms. The number of benzene rings is 2. The van der Waals surface area contributed by atoms with E-state index >= 15 is 0 Å². The normalized spacial score (nSPS) is 16.7. The molecule has 1 aliphatic heterocycles. The van der Waals surface area contributed by atoms with Crippen molar-refractivity contribution in [3.05, 3.63) is 94.3 Å². The Kier molecular flexibility index (Phi) is 5.84. The zero-order valence-electron chi connectivity index (χ0n) is 21.2. The largest absolute Gasteiger partial charge is 0.340 e. The van der Waals surface area contributed by atoms with E-state index < -0.39 is 22.0 Å². The maximum atomic E-state index is 13.2. The number of amides is 2. The molecule has 3 heterocycles. The summed E-state index contributed by atoms with van der Waals surface area (Å²) in [5.41, 5.74) is 4.63. The summed E-state index contributed by atoms with van der Waals surface area (Å²) < 4.78 is 31.0. The predicted molar refractivity (Wildman–Crippen MR) is 145 cm³/mol. The fourth-order valence-electron chi connectivity index (χ4n) is 5.45. The SMILES string of the molecule is CN(C)S(=O)(=O)N[C@@H]1Cc2c(n(Cc3cccnc3N3C(=O)c4ccccc4C3=O)c3ccc(C#N)cc23)C1. The van der Waals surface area contributed by atoms with Crippen molar-refractivity contribution in [3.8, 4) is 6.07 Å². The summed E-state index contributed by atoms with van der Waals surface area (Å²) in [6.07, 6.45) is 2.46. The average molecular weight is 541 g/mol. The number of rotatable bonds is 6. The number of nitrogens with zero attached hydrogens (tertiary/aromatic N) is 5. The van der Waals surface area contributed by atoms with Crippen LogP contribution in [0.25, 0.3) is 10.9 Å². The van der Waals surface area contributed by atoms with E-state index in [1.54, 1.807) is 42.6 Å². The highest BCUT2D eigenvalue weighted by atomic mass is 32.2. The van der Waals surface area contributed by atoms with Gasteiger partial charge in [-0.1, -0.05) is 18.2 Å². The molecule has 1 N–H and O–H groups in total. The minimum absolute atomic E-state index is 0.260. The summed E-state index contributed by atoms with van der Waals surface area (Å²) >= 11 is 0. The molecule has 0 saturated heterocycles. The molecule has 0 saturated carbocycles. The molecule has 0 fully saturated rings. The van der Waals surface area contributed by atoms with Gasteiger partial charge in [-0.15, -0.1) is 0 Å². The predicted octanol–water partition coefficient (Wildman–Crippen LogP) is 2.62. The van der Waals surface area contributed by atoms with Crippen LogP contribution in [0.3, 0.4) is 0 Å². The van der Waals surface area contributed by atoms with Crippen molar-refractivity contribution in [3.63, 3.8) is 0 Å². The van der Waals surface area contributed by atoms with E-state index in [0.29, 0.717) is 41.6 Å². The molecule has 2 amide bonds. The lowest BCUT2D eigenvalue weighted by Gasteiger charge is -2.20. The Bertz CT molecular complexity index is 1800. The fourth-order valence-corrected chi connectivity index (χ4v) is 6.25. The van der Waals surface area contributed by atoms with Gasteiger partial charge >= 0.3 is 0 Å². The number of anilines is 1. The molecule has 6 rings (SSSR count). The molecule has 2 aliphatic rings. The second kappa shape index (κ2) is 9.13. The second-order valence-electron chi connectivity index (χ2n) is 9.84. The van der Waals surface area contributed by atoms with Gasteiger partial charge in [-0.05, 0) is 48.4 Å². The van der Waals surface area contributed by atoms with Crippen molar-refractivity contribution < 1.29 is 18.0 Å². The van der Waals surface area contributed by atoms with E-state index in [9.17, 15) is 23.3 Å². The van der Waals surface area contributed by atoms with Crippen LogP contribution in [-0.4, -0.2) is 54.2 Å². The van der Waals surface area contributed by atoms with E-state index in [2.05, 4.69) is 20.3 Å². The Labute approximate surface area is 225 Å². The topological polar surface area (TPSA) is 128 Å². The summed E-state index contributed by atoms with van der Waals surface area (Å²) in [5, 5.41) is 10.4. The molecule has 2 aromatic heterocycles. The Morgan fingerprint density at radius 1 is 1.05 bits per heavy atom. The van der Waals surface area contributed by atoms with Crippen LogP contribution in [0.2, 0.25) is 0 Å². The minimum Gasteiger partial charge on any atom is -0.340 e. The first kappa shape index (κ1) is 24.9. The number of hydrogen-bond acceptors (Lipinski definition) is 6. The van der Waals surface area contributed by atoms with Gasteiger partial charge in [-0.25, -0.2) is 9.88 Å². The van der Waals surface area contributed by atoms with Crippen molar-refractivity contribution in [2.45, 2.75) is 25.4 Å². The lowest BCUT2D eigenvalue weighted by atomic mass is 10.1. The van der Waals surface area contributed by atoms with Gasteiger partial charge in [0.15, 0.2) is 0 Å². The molecule has 0 spiro atoms. The van der Waals surface area contributed by atoms with E-state index in [-0.39, 0.29) is 11.9 Å². The molecule has 196 valence electrons. The minimum atomic E-state index is -3.64. The fraction of sp³-hybridized carbons (Fsp3) is 0.214. The van der Waals surface area contributed by atoms with Crippen LogP contribution < -0.4 is 9.62 Å². The highest BCUT2D eigenvalue weighted by Gasteiger charge is 2.38. The maximum absolute atomic E-state index is 13.2. The molecular formula is C28H24N6O4S. The number of nitriles is 1. The van der Waals surface area contributed by atoms with E-state index in [0.717, 1.165) is 31.4 Å². The number of carbonyl (C=O) groups is 2. The highest BCUT2D eigenvalue weighted by Crippen LogP contribution is 2.36. The Morgan fingerprint density at radius 2 is 1.77 bits per heavy atom. The highest BCUT2D eigenvalue weighted by molar-refractivity contribution is 7.87. The molecule has 1 aliphatic carbocycles. The maximum Gasteiger partial charge on any atom is 0.279 e. The van der Waals surface area contributed by atoms with Gasteiger partial charge in [0.25, 0.3) is 22.0 Å². The summed E-state index contributed by atoms with van der Waals surface area (Å²) in [5.74, 6) is -0.583. The van der Waals surface area contributed by atoms with Crippen molar-refractivity contribution in [1.29, 1.82) is 5.26 Å². The number of nitrogens with one attached hydrogen (secondary N) is 1. The van der Waals surface area contributed by atoms with Crippen LogP contribution in [0.4, 0.5) is 5.82 Å². The molecule has 0 radical (unpaired) electrons. The third-order valence-corrected chi connectivity index (χ3v) is 8.90. The number of hydrogen-bond donors (Lipinski definition) is 1. The van der Waals surface area contributed by atoms with Crippen LogP contribution in [0, 0.1) is 11.3 Å². The first-order valence-corrected chi connectivity index (χ1v) is 13.8. The van der Waals surface area contributed by atoms with Gasteiger partial charge < -0.3 is 4.57 Å². The van der Waals surface area contributed by atoms with E-state index in [1.165, 1.54) is 14.1 Å². The quantitative estimate of drug-likeness (QED) is 0.375. The molecule has 11 heteroatoms. The number of aromatic nitrogens is 2. The third kappa shape index (κ3) is 4.01. The summed E-state index contributed by atoms with van der Waals surface area (Å²) in [7, 11) is -0.692. The van der Waals surface area contributed by atoms with Crippen LogP contribution in [0.15, 0.2) is 60.8 Å². The van der Waals surface area contributed by atoms with Crippen LogP contribution >= 0.6 is 0 Å². The van der Waals surface area contributed by atoms with Gasteiger partial charge in [0.05, 0.1) is 29.3 Å². The van der Waals surface area contributed by atoms with Crippen LogP contribution in [-0.2, 0) is 29.6 Å². The van der Waals surface area contributed by atoms with Crippen LogP contribution in [0.1, 0.15) is 43.1 Å². The molecule has 0 bridgehead atoms. The standard InChI is InChI=1S/C28H24N6O4S/c1-32(2)39(37,38)31-19-13-23-22-12-17(15-29)9-10-24(22)33(25(23)14-19)16-18-6-5-11-30-26(18)34-27(35)20-7-3-4-8-21(20)28(34)36/h3-12,19,31H,13-14,16H2,1-2H3/t19-/m1/s1. The second-order valence-corrected chi connectivity index (χ2v) is 11.8. The molecule has 10 nitrogen and oxygen atoms in total. The summed E-state index contributed by atoms with van der Waals surface area (Å²) in [6.45, 7) is 0.293. The number of pyridine rings is 1. The Hall–Kier alpha value is -4.37. The van der Waals surface area contributed by atoms with Crippen molar-refractivity contribution in [2.24, 2.45) is 0 Å². The van der Waals surface area contributed by atoms with Gasteiger partial charge in [-0.3, -0.25) is 9.59 Å². The summed E-state index contributed by atoms with van der Waals surface area (Å²) in [4.78, 5) is 32.0. The van der Waals surface area contributed by atoms with Gasteiger partial charge in [0.2, 0.25) is 0 Å². The van der Waals surface area contributed by atoms with Crippen molar-refractivity contribution in [1.82, 2.24) is 18.6 Å². The Balaban J connectivity index is 1.43. The molecular weight excluding hydrogens is 516 g/mol. The monoisotopic (exact) mass is 540 g/mol. The van der Waals surface area contributed by atoms with Crippen molar-refractivity contribution in [2.75, 3.05) is 19.0 Å². The first-order valence-electron chi connectivity index (χ1n) is 12.3. The van der Waals surface area contributed by atoms with Crippen molar-refractivity contribution >= 4 is 38.7 Å². The van der Waals surface area contributed by atoms with Gasteiger partial charge in [-0.2, -0.15) is 22.7 Å². The number of imide groups is 1. The number of carbonyl (C=O) groups excluding carboxylic acids is 2. The van der Waals surface area contributed by atoms with Crippen LogP contribution in [0.5, 0.6) is 0 Å². The lowest BCUT2D eigenvalue weighted by molar-refractivity contribution is 0.0924. The van der Waals surface area contributed by atoms with Gasteiger partial charge in [0.1, 0.15) is 5.82 Å². The first-order chi connectivity index (χ1) is 18.7. The molecule has 0 unspecified atom stereocenters. The third-order valence-electron chi connectivity index (χ3n) is 7.30. The number of fused-ring (bicyclic) bond motifs is 4. The smallest absolute Gasteiger partial charge is 0.279 e. The average Bonchev–Trinajstić information content (AvgIpc) is 3.53. The Morgan fingerprint density at radius 3 is 2.44 bits per heavy atom. The molecule has 1 atom stereocenters. The zero-order valence-corrected chi connectivity index (χ0v) is 22.1. The lowest BCUT2D eigenvalue weighted by Crippen LogP contribution is -2.42. The summed E-state index contributed by atoms with van der Waals surface area (Å²) in [6, 6.07) is 17.6. The molecule has 4 aromatic rings. The van der Waals surface area contributed by atoms with E-state index in [1.807, 2.05) is 18.2 Å². The van der Waals surface area contributed by atoms with E-state index in [4.69, 9.17) is 0 Å². The zero-order chi connectivity index (χ0) is 27.5. The molecule has 2 aromatic carbocycles. The van der Waals surface area contributed by atoms with Gasteiger partial charge in [0, 0.05) is 54.9 Å².